The SMILES string of the molecule is C[C@@H]1CN(C(=O)N2CCC(C(=O)Nc3ccccc3Br)CC2)c2cc(Cl)ccc2O1. The topological polar surface area (TPSA) is 61.9 Å². The lowest BCUT2D eigenvalue weighted by Gasteiger charge is -2.39. The first-order valence-corrected chi connectivity index (χ1v) is 11.2. The molecular formula is C22H23BrClN3O3. The summed E-state index contributed by atoms with van der Waals surface area (Å²) in [6.07, 6.45) is 1.16. The first-order chi connectivity index (χ1) is 14.4. The monoisotopic (exact) mass is 491 g/mol. The van der Waals surface area contributed by atoms with Crippen molar-refractivity contribution < 1.29 is 14.3 Å². The Morgan fingerprint density at radius 1 is 1.17 bits per heavy atom. The van der Waals surface area contributed by atoms with Gasteiger partial charge >= 0.3 is 6.03 Å². The summed E-state index contributed by atoms with van der Waals surface area (Å²) in [7, 11) is 0. The molecule has 0 saturated carbocycles. The normalized spacial score (nSPS) is 19.1. The quantitative estimate of drug-likeness (QED) is 0.630. The summed E-state index contributed by atoms with van der Waals surface area (Å²) in [4.78, 5) is 29.4. The van der Waals surface area contributed by atoms with Crippen LogP contribution in [0.25, 0.3) is 0 Å². The van der Waals surface area contributed by atoms with Gasteiger partial charge in [0.05, 0.1) is 17.9 Å². The van der Waals surface area contributed by atoms with E-state index in [0.717, 1.165) is 10.2 Å². The summed E-state index contributed by atoms with van der Waals surface area (Å²) in [6.45, 7) is 3.48. The summed E-state index contributed by atoms with van der Waals surface area (Å²) in [5.74, 6) is 0.534. The van der Waals surface area contributed by atoms with E-state index in [2.05, 4.69) is 21.2 Å². The second-order valence-electron chi connectivity index (χ2n) is 7.66. The average Bonchev–Trinajstić information content (AvgIpc) is 2.74. The van der Waals surface area contributed by atoms with Crippen molar-refractivity contribution in [2.45, 2.75) is 25.9 Å². The number of ether oxygens (including phenoxy) is 1. The van der Waals surface area contributed by atoms with Crippen LogP contribution in [0, 0.1) is 5.92 Å². The van der Waals surface area contributed by atoms with E-state index in [-0.39, 0.29) is 24.0 Å². The highest BCUT2D eigenvalue weighted by atomic mass is 79.9. The molecule has 0 aromatic heterocycles. The number of hydrogen-bond donors (Lipinski definition) is 1. The maximum atomic E-state index is 13.2. The number of fused-ring (bicyclic) bond motifs is 1. The van der Waals surface area contributed by atoms with Crippen molar-refractivity contribution in [3.8, 4) is 5.75 Å². The van der Waals surface area contributed by atoms with Crippen LogP contribution < -0.4 is 15.0 Å². The van der Waals surface area contributed by atoms with Crippen LogP contribution in [0.3, 0.4) is 0 Å². The number of amides is 3. The Morgan fingerprint density at radius 3 is 2.63 bits per heavy atom. The lowest BCUT2D eigenvalue weighted by atomic mass is 9.96. The molecule has 8 heteroatoms. The molecule has 0 bridgehead atoms. The highest BCUT2D eigenvalue weighted by Crippen LogP contribution is 2.36. The number of carbonyl (C=O) groups excluding carboxylic acids is 2. The van der Waals surface area contributed by atoms with Crippen molar-refractivity contribution in [1.29, 1.82) is 0 Å². The number of halogens is 2. The molecule has 0 unspecified atom stereocenters. The number of urea groups is 1. The molecular weight excluding hydrogens is 470 g/mol. The summed E-state index contributed by atoms with van der Waals surface area (Å²) in [5.41, 5.74) is 1.45. The second kappa shape index (κ2) is 8.86. The maximum absolute atomic E-state index is 13.2. The van der Waals surface area contributed by atoms with Gasteiger partial charge in [0.25, 0.3) is 0 Å². The van der Waals surface area contributed by atoms with Crippen LogP contribution in [0.5, 0.6) is 5.75 Å². The summed E-state index contributed by atoms with van der Waals surface area (Å²) in [6, 6.07) is 12.8. The molecule has 1 atom stereocenters. The number of nitrogens with zero attached hydrogens (tertiary/aromatic N) is 2. The molecule has 158 valence electrons. The van der Waals surface area contributed by atoms with Crippen LogP contribution >= 0.6 is 27.5 Å². The fourth-order valence-electron chi connectivity index (χ4n) is 3.89. The number of likely N-dealkylation sites (tertiary alicyclic amines) is 1. The number of anilines is 2. The number of carbonyl (C=O) groups is 2. The zero-order chi connectivity index (χ0) is 21.3. The maximum Gasteiger partial charge on any atom is 0.324 e. The van der Waals surface area contributed by atoms with E-state index in [1.54, 1.807) is 23.1 Å². The number of hydrogen-bond acceptors (Lipinski definition) is 3. The Morgan fingerprint density at radius 2 is 1.90 bits per heavy atom. The molecule has 1 N–H and O–H groups in total. The van der Waals surface area contributed by atoms with Crippen LogP contribution in [0.4, 0.5) is 16.2 Å². The van der Waals surface area contributed by atoms with Crippen LogP contribution in [0.2, 0.25) is 5.02 Å². The van der Waals surface area contributed by atoms with Crippen molar-refractivity contribution >= 4 is 50.8 Å². The van der Waals surface area contributed by atoms with Gasteiger partial charge in [-0.15, -0.1) is 0 Å². The standard InChI is InChI=1S/C22H23BrClN3O3/c1-14-13-27(19-12-16(24)6-7-20(19)30-14)22(29)26-10-8-15(9-11-26)21(28)25-18-5-3-2-4-17(18)23/h2-7,12,14-15H,8-11,13H2,1H3,(H,25,28)/t14-/m1/s1. The Bertz CT molecular complexity index is 962. The first kappa shape index (κ1) is 21.0. The largest absolute Gasteiger partial charge is 0.487 e. The molecule has 4 rings (SSSR count). The summed E-state index contributed by atoms with van der Waals surface area (Å²) >= 11 is 9.60. The molecule has 0 spiro atoms. The molecule has 30 heavy (non-hydrogen) atoms. The molecule has 2 aromatic rings. The van der Waals surface area contributed by atoms with Gasteiger partial charge in [-0.25, -0.2) is 4.79 Å². The van der Waals surface area contributed by atoms with E-state index in [1.807, 2.05) is 36.1 Å². The van der Waals surface area contributed by atoms with Crippen LogP contribution in [-0.4, -0.2) is 42.6 Å². The third-order valence-corrected chi connectivity index (χ3v) is 6.41. The minimum Gasteiger partial charge on any atom is -0.487 e. The van der Waals surface area contributed by atoms with Gasteiger partial charge in [-0.1, -0.05) is 23.7 Å². The van der Waals surface area contributed by atoms with Crippen molar-refractivity contribution in [1.82, 2.24) is 4.90 Å². The summed E-state index contributed by atoms with van der Waals surface area (Å²) in [5, 5.41) is 3.54. The van der Waals surface area contributed by atoms with Gasteiger partial charge in [-0.3, -0.25) is 9.69 Å². The van der Waals surface area contributed by atoms with Crippen molar-refractivity contribution in [2.75, 3.05) is 29.9 Å². The third-order valence-electron chi connectivity index (χ3n) is 5.48. The van der Waals surface area contributed by atoms with Crippen LogP contribution in [0.1, 0.15) is 19.8 Å². The Balaban J connectivity index is 1.40. The van der Waals surface area contributed by atoms with Crippen LogP contribution in [-0.2, 0) is 4.79 Å². The van der Waals surface area contributed by atoms with Gasteiger partial charge in [-0.2, -0.15) is 0 Å². The summed E-state index contributed by atoms with van der Waals surface area (Å²) < 4.78 is 6.69. The number of nitrogens with one attached hydrogen (secondary N) is 1. The van der Waals surface area contributed by atoms with E-state index in [9.17, 15) is 9.59 Å². The van der Waals surface area contributed by atoms with E-state index in [4.69, 9.17) is 16.3 Å². The van der Waals surface area contributed by atoms with Crippen LogP contribution in [0.15, 0.2) is 46.9 Å². The predicted molar refractivity (Wildman–Crippen MR) is 121 cm³/mol. The van der Waals surface area contributed by atoms with Crippen molar-refractivity contribution in [2.24, 2.45) is 5.92 Å². The predicted octanol–water partition coefficient (Wildman–Crippen LogP) is 5.16. The van der Waals surface area contributed by atoms with Gasteiger partial charge in [-0.05, 0) is 66.0 Å². The molecule has 2 heterocycles. The molecule has 6 nitrogen and oxygen atoms in total. The molecule has 0 aliphatic carbocycles. The van der Waals surface area contributed by atoms with Crippen molar-refractivity contribution in [3.05, 3.63) is 52.0 Å². The Hall–Kier alpha value is -2.25. The molecule has 2 aliphatic rings. The zero-order valence-electron chi connectivity index (χ0n) is 16.6. The lowest BCUT2D eigenvalue weighted by Crippen LogP contribution is -2.51. The molecule has 1 saturated heterocycles. The second-order valence-corrected chi connectivity index (χ2v) is 8.95. The fraction of sp³-hybridized carbons (Fsp3) is 0.364. The van der Waals surface area contributed by atoms with E-state index < -0.39 is 0 Å². The van der Waals surface area contributed by atoms with Gasteiger partial charge in [0.1, 0.15) is 11.9 Å². The van der Waals surface area contributed by atoms with Gasteiger partial charge < -0.3 is 15.0 Å². The van der Waals surface area contributed by atoms with Gasteiger partial charge in [0.15, 0.2) is 0 Å². The molecule has 2 aromatic carbocycles. The Kier molecular flexibility index (Phi) is 6.20. The van der Waals surface area contributed by atoms with Crippen molar-refractivity contribution in [3.63, 3.8) is 0 Å². The van der Waals surface area contributed by atoms with Gasteiger partial charge in [0, 0.05) is 28.5 Å². The first-order valence-electron chi connectivity index (χ1n) is 10.0. The van der Waals surface area contributed by atoms with E-state index in [0.29, 0.717) is 48.9 Å². The van der Waals surface area contributed by atoms with E-state index in [1.165, 1.54) is 0 Å². The zero-order valence-corrected chi connectivity index (χ0v) is 18.9. The lowest BCUT2D eigenvalue weighted by molar-refractivity contribution is -0.121. The van der Waals surface area contributed by atoms with Gasteiger partial charge in [0.2, 0.25) is 5.91 Å². The third kappa shape index (κ3) is 4.42. The van der Waals surface area contributed by atoms with E-state index >= 15 is 0 Å². The Labute approximate surface area is 189 Å². The fourth-order valence-corrected chi connectivity index (χ4v) is 4.44. The number of piperidine rings is 1. The number of rotatable bonds is 2. The highest BCUT2D eigenvalue weighted by molar-refractivity contribution is 9.10. The molecule has 1 fully saturated rings. The molecule has 2 aliphatic heterocycles. The molecule has 3 amide bonds. The smallest absolute Gasteiger partial charge is 0.324 e. The minimum atomic E-state index is -0.119. The number of para-hydroxylation sites is 1. The number of benzene rings is 2. The highest BCUT2D eigenvalue weighted by Gasteiger charge is 2.34. The average molecular weight is 493 g/mol. The minimum absolute atomic E-state index is 0.00822. The molecule has 0 radical (unpaired) electrons.